The first kappa shape index (κ1) is 33.3. The lowest BCUT2D eigenvalue weighted by Gasteiger charge is -2.29. The summed E-state index contributed by atoms with van der Waals surface area (Å²) in [4.78, 5) is 32.0. The average molecular weight is 723 g/mol. The topological polar surface area (TPSA) is 59.1 Å². The normalized spacial score (nSPS) is 11.0. The van der Waals surface area contributed by atoms with Crippen LogP contribution in [0.4, 0.5) is 11.4 Å². The number of halogens is 2. The molecule has 8 heteroatoms. The SMILES string of the molecule is CC(C)COc1ccc(Br)cc1C(=O)N(CCN(C(=O)c1cc(Br)ccc1OCC(C)C)c1ccccc1)c1ccccc1. The molecular weight excluding hydrogens is 684 g/mol. The smallest absolute Gasteiger partial charge is 0.262 e. The zero-order chi connectivity index (χ0) is 31.6. The van der Waals surface area contributed by atoms with Crippen molar-refractivity contribution in [3.8, 4) is 11.5 Å². The number of nitrogens with zero attached hydrogens (tertiary/aromatic N) is 2. The minimum absolute atomic E-state index is 0.222. The first-order valence-corrected chi connectivity index (χ1v) is 16.3. The summed E-state index contributed by atoms with van der Waals surface area (Å²) in [5, 5.41) is 0. The Morgan fingerprint density at radius 2 is 0.955 bits per heavy atom. The Bertz CT molecular complexity index is 1430. The van der Waals surface area contributed by atoms with E-state index in [9.17, 15) is 9.59 Å². The van der Waals surface area contributed by atoms with E-state index in [1.165, 1.54) is 0 Å². The van der Waals surface area contributed by atoms with Gasteiger partial charge in [0.05, 0.1) is 24.3 Å². The maximum atomic E-state index is 14.3. The molecular formula is C36H38Br2N2O4. The Balaban J connectivity index is 1.71. The fourth-order valence-corrected chi connectivity index (χ4v) is 5.23. The van der Waals surface area contributed by atoms with Crippen molar-refractivity contribution in [2.45, 2.75) is 27.7 Å². The van der Waals surface area contributed by atoms with Gasteiger partial charge in [-0.15, -0.1) is 0 Å². The molecule has 0 atom stereocenters. The predicted octanol–water partition coefficient (Wildman–Crippen LogP) is 9.28. The van der Waals surface area contributed by atoms with E-state index in [0.717, 1.165) is 20.3 Å². The first-order valence-electron chi connectivity index (χ1n) is 14.7. The van der Waals surface area contributed by atoms with Gasteiger partial charge in [0.15, 0.2) is 0 Å². The van der Waals surface area contributed by atoms with Crippen LogP contribution in [-0.2, 0) is 0 Å². The van der Waals surface area contributed by atoms with Crippen molar-refractivity contribution in [2.24, 2.45) is 11.8 Å². The zero-order valence-electron chi connectivity index (χ0n) is 25.5. The number of ether oxygens (including phenoxy) is 2. The van der Waals surface area contributed by atoms with Gasteiger partial charge >= 0.3 is 0 Å². The molecule has 4 aromatic carbocycles. The number of rotatable bonds is 13. The molecule has 2 amide bonds. The summed E-state index contributed by atoms with van der Waals surface area (Å²) in [5.74, 6) is 1.18. The molecule has 0 bridgehead atoms. The fraction of sp³-hybridized carbons (Fsp3) is 0.278. The van der Waals surface area contributed by atoms with Gasteiger partial charge in [-0.05, 0) is 72.5 Å². The molecule has 0 aliphatic carbocycles. The lowest BCUT2D eigenvalue weighted by Crippen LogP contribution is -2.41. The van der Waals surface area contributed by atoms with Crippen LogP contribution >= 0.6 is 31.9 Å². The minimum atomic E-state index is -0.222. The average Bonchev–Trinajstić information content (AvgIpc) is 3.02. The summed E-state index contributed by atoms with van der Waals surface area (Å²) in [6.07, 6.45) is 0. The summed E-state index contributed by atoms with van der Waals surface area (Å²) in [6.45, 7) is 9.69. The molecule has 0 aromatic heterocycles. The molecule has 0 fully saturated rings. The van der Waals surface area contributed by atoms with E-state index in [0.29, 0.717) is 47.7 Å². The second kappa shape index (κ2) is 15.9. The molecule has 0 aliphatic rings. The number of amides is 2. The molecule has 4 rings (SSSR count). The van der Waals surface area contributed by atoms with Crippen LogP contribution in [0.15, 0.2) is 106 Å². The van der Waals surface area contributed by atoms with Crippen LogP contribution in [0.5, 0.6) is 11.5 Å². The van der Waals surface area contributed by atoms with Gasteiger partial charge in [0.1, 0.15) is 11.5 Å². The molecule has 230 valence electrons. The van der Waals surface area contributed by atoms with E-state index in [1.807, 2.05) is 84.9 Å². The van der Waals surface area contributed by atoms with Crippen LogP contribution < -0.4 is 19.3 Å². The number of para-hydroxylation sites is 2. The Morgan fingerprint density at radius 1 is 0.591 bits per heavy atom. The quantitative estimate of drug-likeness (QED) is 0.138. The predicted molar refractivity (Wildman–Crippen MR) is 185 cm³/mol. The number of hydrogen-bond acceptors (Lipinski definition) is 4. The second-order valence-electron chi connectivity index (χ2n) is 11.3. The number of benzene rings is 4. The van der Waals surface area contributed by atoms with Crippen molar-refractivity contribution >= 4 is 55.0 Å². The summed E-state index contributed by atoms with van der Waals surface area (Å²) >= 11 is 7.05. The van der Waals surface area contributed by atoms with E-state index < -0.39 is 0 Å². The van der Waals surface area contributed by atoms with Gasteiger partial charge in [-0.2, -0.15) is 0 Å². The summed E-state index contributed by atoms with van der Waals surface area (Å²) in [5.41, 5.74) is 2.32. The molecule has 0 unspecified atom stereocenters. The number of carbonyl (C=O) groups is 2. The molecule has 0 spiro atoms. The van der Waals surface area contributed by atoms with Crippen molar-refractivity contribution in [2.75, 3.05) is 36.1 Å². The third-order valence-electron chi connectivity index (χ3n) is 6.66. The maximum Gasteiger partial charge on any atom is 0.262 e. The maximum absolute atomic E-state index is 14.3. The van der Waals surface area contributed by atoms with Gasteiger partial charge in [0.2, 0.25) is 0 Å². The summed E-state index contributed by atoms with van der Waals surface area (Å²) in [7, 11) is 0. The Kier molecular flexibility index (Phi) is 12.0. The first-order chi connectivity index (χ1) is 21.1. The zero-order valence-corrected chi connectivity index (χ0v) is 28.7. The molecule has 0 aliphatic heterocycles. The standard InChI is InChI=1S/C36H38Br2N2O4/c1-25(2)23-43-33-17-15-27(37)21-31(33)35(41)39(29-11-7-5-8-12-29)19-20-40(30-13-9-6-10-14-30)36(42)32-22-28(38)16-18-34(32)44-24-26(3)4/h5-18,21-22,25-26H,19-20,23-24H2,1-4H3. The Morgan fingerprint density at radius 3 is 1.30 bits per heavy atom. The highest BCUT2D eigenvalue weighted by Gasteiger charge is 2.26. The van der Waals surface area contributed by atoms with Gasteiger partial charge in [-0.25, -0.2) is 0 Å². The van der Waals surface area contributed by atoms with Crippen molar-refractivity contribution in [1.82, 2.24) is 0 Å². The highest BCUT2D eigenvalue weighted by Crippen LogP contribution is 2.30. The molecule has 0 heterocycles. The van der Waals surface area contributed by atoms with Crippen LogP contribution in [0.1, 0.15) is 48.4 Å². The minimum Gasteiger partial charge on any atom is -0.492 e. The molecule has 0 radical (unpaired) electrons. The molecule has 0 N–H and O–H groups in total. The van der Waals surface area contributed by atoms with Crippen molar-refractivity contribution in [1.29, 1.82) is 0 Å². The van der Waals surface area contributed by atoms with Crippen molar-refractivity contribution in [3.05, 3.63) is 117 Å². The van der Waals surface area contributed by atoms with Crippen LogP contribution in [-0.4, -0.2) is 38.1 Å². The fourth-order valence-electron chi connectivity index (χ4n) is 4.51. The number of carbonyl (C=O) groups excluding carboxylic acids is 2. The number of hydrogen-bond donors (Lipinski definition) is 0. The number of anilines is 2. The van der Waals surface area contributed by atoms with Gasteiger partial charge in [-0.1, -0.05) is 96.0 Å². The van der Waals surface area contributed by atoms with Crippen LogP contribution in [0.3, 0.4) is 0 Å². The largest absolute Gasteiger partial charge is 0.492 e. The molecule has 6 nitrogen and oxygen atoms in total. The summed E-state index contributed by atoms with van der Waals surface area (Å²) < 4.78 is 13.7. The van der Waals surface area contributed by atoms with Gasteiger partial charge in [-0.3, -0.25) is 9.59 Å². The lowest BCUT2D eigenvalue weighted by molar-refractivity contribution is 0.0963. The Hall–Kier alpha value is -3.62. The third-order valence-corrected chi connectivity index (χ3v) is 7.65. The third kappa shape index (κ3) is 8.96. The van der Waals surface area contributed by atoms with Gasteiger partial charge in [0, 0.05) is 33.4 Å². The second-order valence-corrected chi connectivity index (χ2v) is 13.1. The molecule has 0 saturated heterocycles. The van der Waals surface area contributed by atoms with E-state index in [4.69, 9.17) is 9.47 Å². The monoisotopic (exact) mass is 720 g/mol. The molecule has 0 saturated carbocycles. The van der Waals surface area contributed by atoms with Crippen LogP contribution in [0.25, 0.3) is 0 Å². The van der Waals surface area contributed by atoms with Crippen molar-refractivity contribution < 1.29 is 19.1 Å². The molecule has 4 aromatic rings. The van der Waals surface area contributed by atoms with Crippen LogP contribution in [0, 0.1) is 11.8 Å². The van der Waals surface area contributed by atoms with Crippen molar-refractivity contribution in [3.63, 3.8) is 0 Å². The highest BCUT2D eigenvalue weighted by atomic mass is 79.9. The van der Waals surface area contributed by atoms with Gasteiger partial charge < -0.3 is 19.3 Å². The summed E-state index contributed by atoms with van der Waals surface area (Å²) in [6, 6.07) is 29.9. The molecule has 44 heavy (non-hydrogen) atoms. The van der Waals surface area contributed by atoms with E-state index in [-0.39, 0.29) is 24.9 Å². The van der Waals surface area contributed by atoms with Gasteiger partial charge in [0.25, 0.3) is 11.8 Å². The van der Waals surface area contributed by atoms with E-state index >= 15 is 0 Å². The Labute approximate surface area is 277 Å². The highest BCUT2D eigenvalue weighted by molar-refractivity contribution is 9.10. The van der Waals surface area contributed by atoms with E-state index in [1.54, 1.807) is 21.9 Å². The van der Waals surface area contributed by atoms with Crippen LogP contribution in [0.2, 0.25) is 0 Å². The van der Waals surface area contributed by atoms with E-state index in [2.05, 4.69) is 59.6 Å². The lowest BCUT2D eigenvalue weighted by atomic mass is 10.1.